The number of nitrogens with zero attached hydrogens (tertiary/aromatic N) is 4. The van der Waals surface area contributed by atoms with Gasteiger partial charge >= 0.3 is 0 Å². The summed E-state index contributed by atoms with van der Waals surface area (Å²) >= 11 is 0. The SMILES string of the molecule is CC[C@]1(C#N)CCN(c2ccnc(Nc3ccc(C(N)=O)c(S(C)(=O)=O)c3)n2)C1=O. The molecule has 1 fully saturated rings. The molecule has 2 amide bonds. The first kappa shape index (κ1) is 21.2. The van der Waals surface area contributed by atoms with Crippen molar-refractivity contribution in [1.29, 1.82) is 5.26 Å². The molecule has 1 aromatic carbocycles. The predicted octanol–water partition coefficient (Wildman–Crippen LogP) is 1.38. The van der Waals surface area contributed by atoms with Crippen LogP contribution in [0.1, 0.15) is 30.1 Å². The molecule has 1 saturated heterocycles. The fraction of sp³-hybridized carbons (Fsp3) is 0.316. The van der Waals surface area contributed by atoms with E-state index in [1.165, 1.54) is 29.3 Å². The van der Waals surface area contributed by atoms with E-state index in [1.54, 1.807) is 13.0 Å². The number of anilines is 3. The second-order valence-electron chi connectivity index (χ2n) is 6.97. The number of hydrogen-bond acceptors (Lipinski definition) is 8. The Morgan fingerprint density at radius 2 is 2.13 bits per heavy atom. The highest BCUT2D eigenvalue weighted by atomic mass is 32.2. The first-order chi connectivity index (χ1) is 14.1. The molecule has 1 atom stereocenters. The molecule has 1 aliphatic rings. The quantitative estimate of drug-likeness (QED) is 0.698. The highest BCUT2D eigenvalue weighted by Crippen LogP contribution is 2.36. The van der Waals surface area contributed by atoms with Gasteiger partial charge in [-0.3, -0.25) is 14.5 Å². The number of nitrogens with two attached hydrogens (primary N) is 1. The van der Waals surface area contributed by atoms with Crippen molar-refractivity contribution in [1.82, 2.24) is 9.97 Å². The molecule has 3 N–H and O–H groups in total. The second kappa shape index (κ2) is 7.72. The van der Waals surface area contributed by atoms with Gasteiger partial charge in [0.05, 0.1) is 16.5 Å². The molecule has 10 nitrogen and oxygen atoms in total. The van der Waals surface area contributed by atoms with Gasteiger partial charge in [0.1, 0.15) is 11.2 Å². The normalized spacial score (nSPS) is 18.8. The van der Waals surface area contributed by atoms with Crippen molar-refractivity contribution in [3.63, 3.8) is 0 Å². The number of hydrogen-bond donors (Lipinski definition) is 2. The summed E-state index contributed by atoms with van der Waals surface area (Å²) in [6, 6.07) is 7.73. The lowest BCUT2D eigenvalue weighted by Gasteiger charge is -2.19. The van der Waals surface area contributed by atoms with Crippen molar-refractivity contribution in [2.24, 2.45) is 11.1 Å². The molecule has 30 heavy (non-hydrogen) atoms. The number of amides is 2. The first-order valence-electron chi connectivity index (χ1n) is 9.08. The molecule has 0 unspecified atom stereocenters. The number of sulfone groups is 1. The third-order valence-electron chi connectivity index (χ3n) is 5.05. The maximum atomic E-state index is 12.7. The topological polar surface area (TPSA) is 159 Å². The summed E-state index contributed by atoms with van der Waals surface area (Å²) in [4.78, 5) is 33.9. The average molecular weight is 428 g/mol. The smallest absolute Gasteiger partial charge is 0.250 e. The zero-order chi connectivity index (χ0) is 22.1. The first-order valence-corrected chi connectivity index (χ1v) is 11.0. The van der Waals surface area contributed by atoms with E-state index >= 15 is 0 Å². The van der Waals surface area contributed by atoms with Crippen molar-refractivity contribution in [3.05, 3.63) is 36.0 Å². The molecule has 0 radical (unpaired) electrons. The van der Waals surface area contributed by atoms with E-state index in [0.717, 1.165) is 6.26 Å². The third kappa shape index (κ3) is 3.81. The van der Waals surface area contributed by atoms with Crippen LogP contribution in [0, 0.1) is 16.7 Å². The Morgan fingerprint density at radius 1 is 1.40 bits per heavy atom. The summed E-state index contributed by atoms with van der Waals surface area (Å²) in [6.45, 7) is 2.16. The van der Waals surface area contributed by atoms with Gasteiger partial charge in [-0.1, -0.05) is 6.92 Å². The fourth-order valence-electron chi connectivity index (χ4n) is 3.30. The molecule has 3 rings (SSSR count). The van der Waals surface area contributed by atoms with Gasteiger partial charge in [-0.05, 0) is 37.1 Å². The molecule has 11 heteroatoms. The van der Waals surface area contributed by atoms with Crippen LogP contribution in [-0.4, -0.2) is 43.0 Å². The number of aromatic nitrogens is 2. The van der Waals surface area contributed by atoms with Crippen LogP contribution >= 0.6 is 0 Å². The number of primary amides is 1. The minimum absolute atomic E-state index is 0.118. The lowest BCUT2D eigenvalue weighted by molar-refractivity contribution is -0.123. The summed E-state index contributed by atoms with van der Waals surface area (Å²) in [6.07, 6.45) is 3.25. The maximum absolute atomic E-state index is 12.7. The molecule has 1 aromatic heterocycles. The lowest BCUT2D eigenvalue weighted by atomic mass is 9.85. The van der Waals surface area contributed by atoms with Gasteiger partial charge in [-0.25, -0.2) is 13.4 Å². The zero-order valence-corrected chi connectivity index (χ0v) is 17.2. The lowest BCUT2D eigenvalue weighted by Crippen LogP contribution is -2.33. The van der Waals surface area contributed by atoms with E-state index in [4.69, 9.17) is 5.73 Å². The number of carbonyl (C=O) groups excluding carboxylic acids is 2. The van der Waals surface area contributed by atoms with E-state index in [-0.39, 0.29) is 22.3 Å². The average Bonchev–Trinajstić information content (AvgIpc) is 3.04. The molecule has 2 heterocycles. The van der Waals surface area contributed by atoms with Crippen molar-refractivity contribution >= 4 is 39.1 Å². The van der Waals surface area contributed by atoms with Crippen LogP contribution in [0.5, 0.6) is 0 Å². The molecule has 156 valence electrons. The number of benzene rings is 1. The largest absolute Gasteiger partial charge is 0.366 e. The monoisotopic (exact) mass is 428 g/mol. The van der Waals surface area contributed by atoms with E-state index in [0.29, 0.717) is 30.9 Å². The molecule has 2 aromatic rings. The Kier molecular flexibility index (Phi) is 5.45. The van der Waals surface area contributed by atoms with Gasteiger partial charge in [0.2, 0.25) is 17.8 Å². The highest BCUT2D eigenvalue weighted by Gasteiger charge is 2.46. The van der Waals surface area contributed by atoms with Crippen molar-refractivity contribution in [2.45, 2.75) is 24.7 Å². The minimum Gasteiger partial charge on any atom is -0.366 e. The summed E-state index contributed by atoms with van der Waals surface area (Å²) in [7, 11) is -3.71. The van der Waals surface area contributed by atoms with Crippen LogP contribution in [0.4, 0.5) is 17.5 Å². The molecular formula is C19H20N6O4S. The summed E-state index contributed by atoms with van der Waals surface area (Å²) in [5.74, 6) is -0.704. The molecule has 0 bridgehead atoms. The standard InChI is InChI=1S/C19H20N6O4S/c1-3-19(11-20)7-9-25(17(19)27)15-6-8-22-18(24-15)23-12-4-5-13(16(21)26)14(10-12)30(2,28)29/h4-6,8,10H,3,7,9H2,1-2H3,(H2,21,26)(H,22,23,24)/t19-/m1/s1. The van der Waals surface area contributed by atoms with Crippen LogP contribution < -0.4 is 16.0 Å². The zero-order valence-electron chi connectivity index (χ0n) is 16.4. The van der Waals surface area contributed by atoms with E-state index in [1.807, 2.05) is 0 Å². The number of carbonyl (C=O) groups is 2. The van der Waals surface area contributed by atoms with Crippen molar-refractivity contribution < 1.29 is 18.0 Å². The van der Waals surface area contributed by atoms with Gasteiger partial charge in [-0.15, -0.1) is 0 Å². The highest BCUT2D eigenvalue weighted by molar-refractivity contribution is 7.90. The number of nitrogens with one attached hydrogen (secondary N) is 1. The van der Waals surface area contributed by atoms with Crippen molar-refractivity contribution in [3.8, 4) is 6.07 Å². The van der Waals surface area contributed by atoms with Gasteiger partial charge in [0.15, 0.2) is 9.84 Å². The Hall–Kier alpha value is -3.52. The van der Waals surface area contributed by atoms with Gasteiger partial charge in [0, 0.05) is 24.7 Å². The summed E-state index contributed by atoms with van der Waals surface area (Å²) in [5.41, 5.74) is 4.41. The molecule has 1 aliphatic heterocycles. The predicted molar refractivity (Wildman–Crippen MR) is 109 cm³/mol. The molecule has 0 aliphatic carbocycles. The number of rotatable bonds is 6. The van der Waals surface area contributed by atoms with Crippen LogP contribution in [0.15, 0.2) is 35.4 Å². The molecule has 0 saturated carbocycles. The minimum atomic E-state index is -3.71. The van der Waals surface area contributed by atoms with Crippen LogP contribution in [0.3, 0.4) is 0 Å². The van der Waals surface area contributed by atoms with Crippen LogP contribution in [-0.2, 0) is 14.6 Å². The fourth-order valence-corrected chi connectivity index (χ4v) is 4.21. The maximum Gasteiger partial charge on any atom is 0.250 e. The van der Waals surface area contributed by atoms with E-state index in [9.17, 15) is 23.3 Å². The third-order valence-corrected chi connectivity index (χ3v) is 6.19. The van der Waals surface area contributed by atoms with Crippen LogP contribution in [0.25, 0.3) is 0 Å². The second-order valence-corrected chi connectivity index (χ2v) is 8.95. The van der Waals surface area contributed by atoms with E-state index in [2.05, 4.69) is 21.4 Å². The summed E-state index contributed by atoms with van der Waals surface area (Å²) in [5, 5.41) is 12.3. The van der Waals surface area contributed by atoms with Crippen molar-refractivity contribution in [2.75, 3.05) is 23.0 Å². The number of nitriles is 1. The van der Waals surface area contributed by atoms with Crippen LogP contribution in [0.2, 0.25) is 0 Å². The Morgan fingerprint density at radius 3 is 2.70 bits per heavy atom. The Balaban J connectivity index is 1.91. The Labute approximate surface area is 173 Å². The van der Waals surface area contributed by atoms with Gasteiger partial charge < -0.3 is 11.1 Å². The summed E-state index contributed by atoms with van der Waals surface area (Å²) < 4.78 is 24.0. The molecule has 0 spiro atoms. The van der Waals surface area contributed by atoms with Gasteiger partial charge in [-0.2, -0.15) is 10.2 Å². The van der Waals surface area contributed by atoms with Gasteiger partial charge in [0.25, 0.3) is 0 Å². The Bertz CT molecular complexity index is 1170. The van der Waals surface area contributed by atoms with E-state index < -0.39 is 21.2 Å². The molecular weight excluding hydrogens is 408 g/mol.